The highest BCUT2D eigenvalue weighted by Crippen LogP contribution is 2.12. The normalized spacial score (nSPS) is 10.7. The van der Waals surface area contributed by atoms with Gasteiger partial charge in [0.15, 0.2) is 0 Å². The van der Waals surface area contributed by atoms with Crippen molar-refractivity contribution in [2.45, 2.75) is 26.3 Å². The SMILES string of the molecule is CNC(=O)c1cccc(NCC(=O)Nc2ccc(C(=O)NC(C)(C)C)cc2)c1. The molecule has 0 fully saturated rings. The van der Waals surface area contributed by atoms with Gasteiger partial charge in [0.2, 0.25) is 5.91 Å². The number of amides is 3. The van der Waals surface area contributed by atoms with Crippen molar-refractivity contribution >= 4 is 29.1 Å². The molecule has 28 heavy (non-hydrogen) atoms. The lowest BCUT2D eigenvalue weighted by atomic mass is 10.1. The third-order valence-electron chi connectivity index (χ3n) is 3.72. The van der Waals surface area contributed by atoms with E-state index in [9.17, 15) is 14.4 Å². The highest BCUT2D eigenvalue weighted by Gasteiger charge is 2.15. The molecule has 0 atom stereocenters. The van der Waals surface area contributed by atoms with Gasteiger partial charge in [-0.3, -0.25) is 14.4 Å². The minimum absolute atomic E-state index is 0.0451. The summed E-state index contributed by atoms with van der Waals surface area (Å²) in [7, 11) is 1.56. The van der Waals surface area contributed by atoms with Crippen LogP contribution in [0.1, 0.15) is 41.5 Å². The molecule has 3 amide bonds. The molecular formula is C21H26N4O3. The molecule has 0 aliphatic rings. The van der Waals surface area contributed by atoms with Crippen molar-refractivity contribution in [2.24, 2.45) is 0 Å². The molecule has 0 heterocycles. The van der Waals surface area contributed by atoms with E-state index in [0.717, 1.165) is 0 Å². The Kier molecular flexibility index (Phi) is 6.76. The lowest BCUT2D eigenvalue weighted by Gasteiger charge is -2.20. The second kappa shape index (κ2) is 9.03. The second-order valence-corrected chi connectivity index (χ2v) is 7.34. The van der Waals surface area contributed by atoms with Gasteiger partial charge in [-0.05, 0) is 63.2 Å². The lowest BCUT2D eigenvalue weighted by Crippen LogP contribution is -2.40. The fraction of sp³-hybridized carbons (Fsp3) is 0.286. The van der Waals surface area contributed by atoms with Crippen LogP contribution in [0.15, 0.2) is 48.5 Å². The van der Waals surface area contributed by atoms with E-state index in [1.165, 1.54) is 0 Å². The predicted molar refractivity (Wildman–Crippen MR) is 111 cm³/mol. The zero-order chi connectivity index (χ0) is 20.7. The third-order valence-corrected chi connectivity index (χ3v) is 3.72. The Balaban J connectivity index is 1.90. The minimum Gasteiger partial charge on any atom is -0.376 e. The molecule has 148 valence electrons. The summed E-state index contributed by atoms with van der Waals surface area (Å²) in [5.41, 5.74) is 1.99. The Bertz CT molecular complexity index is 855. The summed E-state index contributed by atoms with van der Waals surface area (Å²) in [6.07, 6.45) is 0. The van der Waals surface area contributed by atoms with Crippen molar-refractivity contribution in [3.05, 3.63) is 59.7 Å². The van der Waals surface area contributed by atoms with Crippen LogP contribution in [0, 0.1) is 0 Å². The van der Waals surface area contributed by atoms with Gasteiger partial charge in [0.25, 0.3) is 11.8 Å². The summed E-state index contributed by atoms with van der Waals surface area (Å²) in [5, 5.41) is 11.2. The van der Waals surface area contributed by atoms with Gasteiger partial charge in [-0.15, -0.1) is 0 Å². The smallest absolute Gasteiger partial charge is 0.251 e. The first-order valence-corrected chi connectivity index (χ1v) is 8.96. The van der Waals surface area contributed by atoms with E-state index in [2.05, 4.69) is 21.3 Å². The summed E-state index contributed by atoms with van der Waals surface area (Å²) < 4.78 is 0. The van der Waals surface area contributed by atoms with E-state index in [1.807, 2.05) is 20.8 Å². The summed E-state index contributed by atoms with van der Waals surface area (Å²) >= 11 is 0. The zero-order valence-electron chi connectivity index (χ0n) is 16.6. The standard InChI is InChI=1S/C21H26N4O3/c1-21(2,3)25-20(28)14-8-10-16(11-9-14)24-18(26)13-23-17-7-5-6-15(12-17)19(27)22-4/h5-12,23H,13H2,1-4H3,(H,22,27)(H,24,26)(H,25,28). The molecule has 4 N–H and O–H groups in total. The van der Waals surface area contributed by atoms with Crippen molar-refractivity contribution < 1.29 is 14.4 Å². The van der Waals surface area contributed by atoms with E-state index in [0.29, 0.717) is 22.5 Å². The number of nitrogens with one attached hydrogen (secondary N) is 4. The van der Waals surface area contributed by atoms with E-state index < -0.39 is 0 Å². The van der Waals surface area contributed by atoms with E-state index in [-0.39, 0.29) is 29.8 Å². The molecule has 0 unspecified atom stereocenters. The molecule has 0 radical (unpaired) electrons. The molecular weight excluding hydrogens is 356 g/mol. The molecule has 0 saturated carbocycles. The molecule has 7 nitrogen and oxygen atoms in total. The zero-order valence-corrected chi connectivity index (χ0v) is 16.6. The van der Waals surface area contributed by atoms with Crippen molar-refractivity contribution in [1.82, 2.24) is 10.6 Å². The number of hydrogen-bond donors (Lipinski definition) is 4. The number of benzene rings is 2. The summed E-state index contributed by atoms with van der Waals surface area (Å²) in [4.78, 5) is 35.9. The first kappa shape index (κ1) is 21.0. The summed E-state index contributed by atoms with van der Waals surface area (Å²) in [6.45, 7) is 5.79. The Morgan fingerprint density at radius 2 is 1.54 bits per heavy atom. The van der Waals surface area contributed by atoms with Crippen LogP contribution in [0.5, 0.6) is 0 Å². The number of carbonyl (C=O) groups is 3. The highest BCUT2D eigenvalue weighted by atomic mass is 16.2. The van der Waals surface area contributed by atoms with Gasteiger partial charge >= 0.3 is 0 Å². The van der Waals surface area contributed by atoms with Crippen LogP contribution in [-0.2, 0) is 4.79 Å². The molecule has 2 aromatic rings. The fourth-order valence-electron chi connectivity index (χ4n) is 2.42. The van der Waals surface area contributed by atoms with Crippen LogP contribution in [0.3, 0.4) is 0 Å². The highest BCUT2D eigenvalue weighted by molar-refractivity contribution is 5.97. The number of hydrogen-bond acceptors (Lipinski definition) is 4. The lowest BCUT2D eigenvalue weighted by molar-refractivity contribution is -0.114. The third kappa shape index (κ3) is 6.42. The minimum atomic E-state index is -0.315. The number of carbonyl (C=O) groups excluding carboxylic acids is 3. The summed E-state index contributed by atoms with van der Waals surface area (Å²) in [5.74, 6) is -0.594. The number of anilines is 2. The first-order chi connectivity index (χ1) is 13.2. The van der Waals surface area contributed by atoms with Crippen LogP contribution in [0.2, 0.25) is 0 Å². The van der Waals surface area contributed by atoms with Gasteiger partial charge in [-0.1, -0.05) is 6.07 Å². The van der Waals surface area contributed by atoms with Crippen LogP contribution in [-0.4, -0.2) is 36.9 Å². The van der Waals surface area contributed by atoms with Gasteiger partial charge in [0.1, 0.15) is 0 Å². The predicted octanol–water partition coefficient (Wildman–Crippen LogP) is 2.63. The number of rotatable bonds is 6. The van der Waals surface area contributed by atoms with Crippen molar-refractivity contribution in [3.63, 3.8) is 0 Å². The summed E-state index contributed by atoms with van der Waals surface area (Å²) in [6, 6.07) is 13.6. The van der Waals surface area contributed by atoms with Gasteiger partial charge in [-0.25, -0.2) is 0 Å². The van der Waals surface area contributed by atoms with Crippen molar-refractivity contribution in [3.8, 4) is 0 Å². The van der Waals surface area contributed by atoms with Crippen LogP contribution < -0.4 is 21.3 Å². The fourth-order valence-corrected chi connectivity index (χ4v) is 2.42. The van der Waals surface area contributed by atoms with Crippen LogP contribution in [0.4, 0.5) is 11.4 Å². The average Bonchev–Trinajstić information content (AvgIpc) is 2.65. The molecule has 0 bridgehead atoms. The van der Waals surface area contributed by atoms with Crippen LogP contribution in [0.25, 0.3) is 0 Å². The maximum absolute atomic E-state index is 12.1. The van der Waals surface area contributed by atoms with Crippen LogP contribution >= 0.6 is 0 Å². The van der Waals surface area contributed by atoms with Gasteiger partial charge in [0, 0.05) is 35.1 Å². The Hall–Kier alpha value is -3.35. The Labute approximate surface area is 164 Å². The molecule has 0 aliphatic carbocycles. The molecule has 0 aliphatic heterocycles. The van der Waals surface area contributed by atoms with Crippen molar-refractivity contribution in [2.75, 3.05) is 24.2 Å². The van der Waals surface area contributed by atoms with E-state index >= 15 is 0 Å². The van der Waals surface area contributed by atoms with E-state index in [1.54, 1.807) is 55.6 Å². The van der Waals surface area contributed by atoms with E-state index in [4.69, 9.17) is 0 Å². The molecule has 2 aromatic carbocycles. The maximum atomic E-state index is 12.1. The first-order valence-electron chi connectivity index (χ1n) is 8.96. The molecule has 0 aromatic heterocycles. The average molecular weight is 382 g/mol. The monoisotopic (exact) mass is 382 g/mol. The quantitative estimate of drug-likeness (QED) is 0.617. The molecule has 2 rings (SSSR count). The largest absolute Gasteiger partial charge is 0.376 e. The topological polar surface area (TPSA) is 99.3 Å². The van der Waals surface area contributed by atoms with Crippen molar-refractivity contribution in [1.29, 1.82) is 0 Å². The van der Waals surface area contributed by atoms with Gasteiger partial charge < -0.3 is 21.3 Å². The second-order valence-electron chi connectivity index (χ2n) is 7.34. The molecule has 0 saturated heterocycles. The Morgan fingerprint density at radius 3 is 2.14 bits per heavy atom. The molecule has 7 heteroatoms. The maximum Gasteiger partial charge on any atom is 0.251 e. The van der Waals surface area contributed by atoms with Gasteiger partial charge in [-0.2, -0.15) is 0 Å². The molecule has 0 spiro atoms. The Morgan fingerprint density at radius 1 is 0.857 bits per heavy atom. The van der Waals surface area contributed by atoms with Gasteiger partial charge in [0.05, 0.1) is 6.54 Å².